The molecule has 118 valence electrons. The van der Waals surface area contributed by atoms with Gasteiger partial charge in [0.15, 0.2) is 5.00 Å². The minimum absolute atomic E-state index is 0.142. The van der Waals surface area contributed by atoms with Gasteiger partial charge in [0.25, 0.3) is 10.0 Å². The van der Waals surface area contributed by atoms with E-state index in [0.717, 1.165) is 23.2 Å². The summed E-state index contributed by atoms with van der Waals surface area (Å²) >= 11 is 0.668. The van der Waals surface area contributed by atoms with Crippen LogP contribution in [0.4, 0.5) is 10.7 Å². The van der Waals surface area contributed by atoms with Crippen molar-refractivity contribution in [1.29, 1.82) is 0 Å². The van der Waals surface area contributed by atoms with E-state index in [1.54, 1.807) is 0 Å². The Morgan fingerprint density at radius 1 is 1.48 bits per heavy atom. The molecule has 1 aromatic rings. The normalized spacial score (nSPS) is 23.4. The van der Waals surface area contributed by atoms with Crippen molar-refractivity contribution in [2.45, 2.75) is 42.0 Å². The van der Waals surface area contributed by atoms with Crippen molar-refractivity contribution >= 4 is 32.0 Å². The van der Waals surface area contributed by atoms with Gasteiger partial charge in [-0.25, -0.2) is 8.42 Å². The molecular weight excluding hydrogens is 318 g/mol. The van der Waals surface area contributed by atoms with E-state index in [4.69, 9.17) is 5.73 Å². The van der Waals surface area contributed by atoms with Crippen LogP contribution in [0.5, 0.6) is 0 Å². The zero-order chi connectivity index (χ0) is 15.8. The first-order valence-corrected chi connectivity index (χ1v) is 8.70. The first-order chi connectivity index (χ1) is 9.75. The van der Waals surface area contributed by atoms with E-state index in [1.807, 2.05) is 0 Å². The van der Waals surface area contributed by atoms with E-state index in [-0.39, 0.29) is 9.21 Å². The Kier molecular flexibility index (Phi) is 4.51. The summed E-state index contributed by atoms with van der Waals surface area (Å²) in [5, 5.41) is 20.6. The summed E-state index contributed by atoms with van der Waals surface area (Å²) in [5.41, 5.74) is 5.08. The fourth-order valence-electron chi connectivity index (χ4n) is 2.48. The van der Waals surface area contributed by atoms with Crippen LogP contribution in [0.1, 0.15) is 25.7 Å². The second-order valence-electron chi connectivity index (χ2n) is 5.01. The third-order valence-electron chi connectivity index (χ3n) is 3.71. The first-order valence-electron chi connectivity index (χ1n) is 6.45. The molecule has 2 rings (SSSR count). The lowest BCUT2D eigenvalue weighted by molar-refractivity contribution is -0.383. The Balaban J connectivity index is 2.32. The predicted molar refractivity (Wildman–Crippen MR) is 78.6 cm³/mol. The predicted octanol–water partition coefficient (Wildman–Crippen LogP) is 1.16. The van der Waals surface area contributed by atoms with Gasteiger partial charge in [0.2, 0.25) is 0 Å². The van der Waals surface area contributed by atoms with Crippen LogP contribution in [-0.2, 0) is 10.0 Å². The van der Waals surface area contributed by atoms with Crippen molar-refractivity contribution < 1.29 is 18.4 Å². The molecule has 21 heavy (non-hydrogen) atoms. The van der Waals surface area contributed by atoms with Crippen LogP contribution in [0.25, 0.3) is 0 Å². The fraction of sp³-hybridized carbons (Fsp3) is 0.636. The molecule has 1 aliphatic carbocycles. The summed E-state index contributed by atoms with van der Waals surface area (Å²) in [6.07, 6.45) is 2.11. The molecule has 0 aliphatic heterocycles. The molecule has 1 heterocycles. The molecule has 0 aromatic carbocycles. The molecule has 8 nitrogen and oxygen atoms in total. The maximum absolute atomic E-state index is 12.5. The number of sulfonamides is 1. The lowest BCUT2D eigenvalue weighted by Gasteiger charge is -2.33. The molecule has 2 unspecified atom stereocenters. The monoisotopic (exact) mass is 335 g/mol. The van der Waals surface area contributed by atoms with Crippen molar-refractivity contribution in [2.75, 3.05) is 12.8 Å². The van der Waals surface area contributed by atoms with E-state index in [2.05, 4.69) is 0 Å². The third kappa shape index (κ3) is 3.03. The smallest absolute Gasteiger partial charge is 0.304 e. The molecule has 10 heteroatoms. The van der Waals surface area contributed by atoms with Gasteiger partial charge in [0.1, 0.15) is 4.21 Å². The van der Waals surface area contributed by atoms with Crippen molar-refractivity contribution in [3.8, 4) is 0 Å². The summed E-state index contributed by atoms with van der Waals surface area (Å²) in [6.45, 7) is 0. The number of rotatable bonds is 4. The largest absolute Gasteiger partial charge is 0.391 e. The van der Waals surface area contributed by atoms with Crippen LogP contribution in [0.2, 0.25) is 0 Å². The van der Waals surface area contributed by atoms with Crippen LogP contribution in [0.3, 0.4) is 0 Å². The van der Waals surface area contributed by atoms with E-state index in [9.17, 15) is 23.6 Å². The van der Waals surface area contributed by atoms with Gasteiger partial charge in [-0.05, 0) is 12.8 Å². The highest BCUT2D eigenvalue weighted by atomic mass is 32.2. The summed E-state index contributed by atoms with van der Waals surface area (Å²) in [4.78, 5) is 10.1. The number of aliphatic hydroxyl groups excluding tert-OH is 1. The highest BCUT2D eigenvalue weighted by Crippen LogP contribution is 2.37. The van der Waals surface area contributed by atoms with Gasteiger partial charge in [-0.3, -0.25) is 10.1 Å². The van der Waals surface area contributed by atoms with Crippen LogP contribution >= 0.6 is 11.3 Å². The number of nitro groups is 1. The minimum atomic E-state index is -3.90. The topological polar surface area (TPSA) is 127 Å². The molecule has 3 N–H and O–H groups in total. The van der Waals surface area contributed by atoms with Gasteiger partial charge in [-0.1, -0.05) is 24.2 Å². The Morgan fingerprint density at radius 2 is 2.10 bits per heavy atom. The van der Waals surface area contributed by atoms with Gasteiger partial charge in [0, 0.05) is 13.1 Å². The number of aliphatic hydroxyl groups is 1. The number of hydrogen-bond acceptors (Lipinski definition) is 7. The summed E-state index contributed by atoms with van der Waals surface area (Å²) in [5.74, 6) is 0. The highest BCUT2D eigenvalue weighted by Gasteiger charge is 2.36. The quantitative estimate of drug-likeness (QED) is 0.628. The van der Waals surface area contributed by atoms with Gasteiger partial charge in [-0.2, -0.15) is 4.31 Å². The number of thiophene rings is 1. The zero-order valence-electron chi connectivity index (χ0n) is 11.4. The van der Waals surface area contributed by atoms with Crippen LogP contribution in [0.15, 0.2) is 10.3 Å². The molecule has 0 radical (unpaired) electrons. The Bertz CT molecular complexity index is 642. The standard InChI is InChI=1S/C11H17N3O5S2/c1-13(7-4-2-3-5-9(7)15)21(18,19)10-6-8(14(16)17)11(12)20-10/h6-7,9,15H,2-5,12H2,1H3. The second kappa shape index (κ2) is 5.87. The van der Waals surface area contributed by atoms with Crippen molar-refractivity contribution in [2.24, 2.45) is 0 Å². The number of nitrogen functional groups attached to an aromatic ring is 1. The van der Waals surface area contributed by atoms with E-state index >= 15 is 0 Å². The van der Waals surface area contributed by atoms with E-state index in [0.29, 0.717) is 24.2 Å². The molecule has 1 fully saturated rings. The Hall–Kier alpha value is -1.23. The lowest BCUT2D eigenvalue weighted by Crippen LogP contribution is -2.45. The molecule has 0 saturated heterocycles. The summed E-state index contributed by atoms with van der Waals surface area (Å²) in [7, 11) is -2.51. The number of hydrogen-bond donors (Lipinski definition) is 2. The van der Waals surface area contributed by atoms with Crippen LogP contribution in [-0.4, -0.2) is 41.9 Å². The van der Waals surface area contributed by atoms with Crippen molar-refractivity contribution in [3.05, 3.63) is 16.2 Å². The van der Waals surface area contributed by atoms with Crippen molar-refractivity contribution in [1.82, 2.24) is 4.31 Å². The van der Waals surface area contributed by atoms with Gasteiger partial charge < -0.3 is 10.8 Å². The maximum Gasteiger partial charge on any atom is 0.304 e. The molecule has 0 spiro atoms. The molecule has 2 atom stereocenters. The number of nitrogens with zero attached hydrogens (tertiary/aromatic N) is 2. The third-order valence-corrected chi connectivity index (χ3v) is 6.99. The lowest BCUT2D eigenvalue weighted by atomic mass is 9.93. The molecule has 1 saturated carbocycles. The van der Waals surface area contributed by atoms with Gasteiger partial charge in [-0.15, -0.1) is 0 Å². The minimum Gasteiger partial charge on any atom is -0.391 e. The van der Waals surface area contributed by atoms with Crippen LogP contribution < -0.4 is 5.73 Å². The van der Waals surface area contributed by atoms with Crippen LogP contribution in [0, 0.1) is 10.1 Å². The zero-order valence-corrected chi connectivity index (χ0v) is 13.1. The number of likely N-dealkylation sites (N-methyl/N-ethyl adjacent to an activating group) is 1. The van der Waals surface area contributed by atoms with Gasteiger partial charge in [0.05, 0.1) is 17.1 Å². The summed E-state index contributed by atoms with van der Waals surface area (Å²) < 4.78 is 26.0. The molecule has 1 aromatic heterocycles. The Labute approximate surface area is 126 Å². The number of nitrogens with two attached hydrogens (primary N) is 1. The van der Waals surface area contributed by atoms with Crippen molar-refractivity contribution in [3.63, 3.8) is 0 Å². The summed E-state index contributed by atoms with van der Waals surface area (Å²) in [6, 6.07) is 0.465. The molecule has 0 bridgehead atoms. The van der Waals surface area contributed by atoms with E-state index < -0.39 is 32.8 Å². The average Bonchev–Trinajstić information content (AvgIpc) is 2.81. The maximum atomic E-state index is 12.5. The molecule has 0 amide bonds. The average molecular weight is 335 g/mol. The molecule has 1 aliphatic rings. The SMILES string of the molecule is CN(C1CCCCC1O)S(=O)(=O)c1cc([N+](=O)[O-])c(N)s1. The fourth-order valence-corrected chi connectivity index (χ4v) is 5.29. The second-order valence-corrected chi connectivity index (χ2v) is 8.32. The first kappa shape index (κ1) is 16.1. The number of anilines is 1. The highest BCUT2D eigenvalue weighted by molar-refractivity contribution is 7.91. The van der Waals surface area contributed by atoms with E-state index in [1.165, 1.54) is 7.05 Å². The Morgan fingerprint density at radius 3 is 2.62 bits per heavy atom. The van der Waals surface area contributed by atoms with Gasteiger partial charge >= 0.3 is 5.69 Å². The molecular formula is C11H17N3O5S2.